The van der Waals surface area contributed by atoms with E-state index in [1.807, 2.05) is 36.4 Å². The first-order valence-electron chi connectivity index (χ1n) is 17.1. The summed E-state index contributed by atoms with van der Waals surface area (Å²) in [7, 11) is 0. The van der Waals surface area contributed by atoms with Gasteiger partial charge in [0, 0.05) is 11.1 Å². The summed E-state index contributed by atoms with van der Waals surface area (Å²) in [5.41, 5.74) is 5.61. The van der Waals surface area contributed by atoms with E-state index in [2.05, 4.69) is 146 Å². The first kappa shape index (κ1) is 28.4. The second kappa shape index (κ2) is 11.3. The largest absolute Gasteiger partial charge is 0.289 e. The lowest BCUT2D eigenvalue weighted by atomic mass is 9.93. The van der Waals surface area contributed by atoms with E-state index in [1.54, 1.807) is 0 Å². The van der Waals surface area contributed by atoms with Gasteiger partial charge in [0.1, 0.15) is 0 Å². The summed E-state index contributed by atoms with van der Waals surface area (Å²) in [5, 5.41) is 14.8. The van der Waals surface area contributed by atoms with E-state index < -0.39 is 0 Å². The van der Waals surface area contributed by atoms with Gasteiger partial charge in [-0.25, -0.2) is 0 Å². The van der Waals surface area contributed by atoms with Crippen molar-refractivity contribution in [1.29, 1.82) is 0 Å². The van der Waals surface area contributed by atoms with Gasteiger partial charge in [0.25, 0.3) is 0 Å². The number of hydrogen-bond donors (Lipinski definition) is 0. The second-order valence-corrected chi connectivity index (χ2v) is 13.3. The Balaban J connectivity index is 0.975. The fraction of sp³-hybridized carbons (Fsp3) is 0. The first-order chi connectivity index (χ1) is 24.6. The summed E-state index contributed by atoms with van der Waals surface area (Å²) >= 11 is 0. The van der Waals surface area contributed by atoms with Crippen LogP contribution in [0.25, 0.3) is 86.9 Å². The molecule has 0 unspecified atom stereocenters. The van der Waals surface area contributed by atoms with Crippen LogP contribution in [0.5, 0.6) is 0 Å². The Morgan fingerprint density at radius 3 is 1.08 bits per heavy atom. The number of ketones is 1. The number of rotatable bonds is 4. The van der Waals surface area contributed by atoms with Crippen LogP contribution in [0.15, 0.2) is 182 Å². The van der Waals surface area contributed by atoms with Crippen LogP contribution in [0, 0.1) is 0 Å². The molecule has 0 aliphatic rings. The number of benzene rings is 10. The Kier molecular flexibility index (Phi) is 6.40. The molecule has 1 nitrogen and oxygen atoms in total. The molecule has 0 N–H and O–H groups in total. The lowest BCUT2D eigenvalue weighted by Gasteiger charge is -2.11. The van der Waals surface area contributed by atoms with Gasteiger partial charge in [0.15, 0.2) is 5.78 Å². The summed E-state index contributed by atoms with van der Waals surface area (Å²) in [6.07, 6.45) is 0. The molecule has 0 bridgehead atoms. The van der Waals surface area contributed by atoms with Crippen LogP contribution >= 0.6 is 0 Å². The predicted molar refractivity (Wildman–Crippen MR) is 212 cm³/mol. The minimum atomic E-state index is 0.0195. The average molecular weight is 635 g/mol. The molecule has 0 radical (unpaired) electrons. The minimum absolute atomic E-state index is 0.0195. The summed E-state index contributed by atoms with van der Waals surface area (Å²) in [6.45, 7) is 0. The molecule has 50 heavy (non-hydrogen) atoms. The van der Waals surface area contributed by atoms with E-state index in [0.29, 0.717) is 11.1 Å². The molecule has 10 rings (SSSR count). The van der Waals surface area contributed by atoms with E-state index in [1.165, 1.54) is 64.6 Å². The Bertz CT molecular complexity index is 2800. The molecule has 0 spiro atoms. The van der Waals surface area contributed by atoms with Crippen LogP contribution in [-0.2, 0) is 0 Å². The molecule has 0 heterocycles. The molecule has 1 heteroatoms. The third-order valence-electron chi connectivity index (χ3n) is 10.3. The zero-order chi connectivity index (χ0) is 33.2. The van der Waals surface area contributed by atoms with Gasteiger partial charge in [-0.3, -0.25) is 4.79 Å². The van der Waals surface area contributed by atoms with Gasteiger partial charge in [-0.05, 0) is 135 Å². The third kappa shape index (κ3) is 4.75. The zero-order valence-electron chi connectivity index (χ0n) is 27.2. The van der Waals surface area contributed by atoms with Crippen molar-refractivity contribution in [2.24, 2.45) is 0 Å². The van der Waals surface area contributed by atoms with E-state index in [-0.39, 0.29) is 5.78 Å². The van der Waals surface area contributed by atoms with Gasteiger partial charge >= 0.3 is 0 Å². The van der Waals surface area contributed by atoms with Crippen molar-refractivity contribution in [3.05, 3.63) is 193 Å². The van der Waals surface area contributed by atoms with Crippen LogP contribution in [0.2, 0.25) is 0 Å². The number of carbonyl (C=O) groups excluding carboxylic acids is 1. The maximum Gasteiger partial charge on any atom is 0.193 e. The molecular weight excluding hydrogens is 605 g/mol. The summed E-state index contributed by atoms with van der Waals surface area (Å²) in [6, 6.07) is 64.3. The highest BCUT2D eigenvalue weighted by Crippen LogP contribution is 2.35. The van der Waals surface area contributed by atoms with Crippen molar-refractivity contribution in [1.82, 2.24) is 0 Å². The highest BCUT2D eigenvalue weighted by molar-refractivity contribution is 6.15. The minimum Gasteiger partial charge on any atom is -0.289 e. The molecule has 10 aromatic rings. The molecule has 0 saturated heterocycles. The fourth-order valence-corrected chi connectivity index (χ4v) is 7.71. The lowest BCUT2D eigenvalue weighted by molar-refractivity contribution is 0.103. The fourth-order valence-electron chi connectivity index (χ4n) is 7.71. The SMILES string of the molecule is O=C(c1cccc(-c2ccc3c(ccc4cc5ccccc5cc43)c2)c1)c1cccc(-c2ccc3c(ccc4cc5ccccc5cc43)c2)c1. The van der Waals surface area contributed by atoms with Gasteiger partial charge in [0.05, 0.1) is 0 Å². The summed E-state index contributed by atoms with van der Waals surface area (Å²) in [4.78, 5) is 13.9. The molecule has 0 atom stereocenters. The van der Waals surface area contributed by atoms with Crippen molar-refractivity contribution in [3.63, 3.8) is 0 Å². The molecular formula is C49H30O. The van der Waals surface area contributed by atoms with Gasteiger partial charge in [-0.1, -0.05) is 133 Å². The normalized spacial score (nSPS) is 11.7. The highest BCUT2D eigenvalue weighted by atomic mass is 16.1. The molecule has 0 saturated carbocycles. The molecule has 0 fully saturated rings. The van der Waals surface area contributed by atoms with Crippen LogP contribution in [0.1, 0.15) is 15.9 Å². The van der Waals surface area contributed by atoms with E-state index in [4.69, 9.17) is 0 Å². The van der Waals surface area contributed by atoms with Crippen molar-refractivity contribution >= 4 is 70.4 Å². The van der Waals surface area contributed by atoms with Gasteiger partial charge in [-0.2, -0.15) is 0 Å². The lowest BCUT2D eigenvalue weighted by Crippen LogP contribution is -2.01. The van der Waals surface area contributed by atoms with Gasteiger partial charge in [0.2, 0.25) is 0 Å². The van der Waals surface area contributed by atoms with E-state index in [9.17, 15) is 4.79 Å². The van der Waals surface area contributed by atoms with Crippen molar-refractivity contribution in [3.8, 4) is 22.3 Å². The van der Waals surface area contributed by atoms with Crippen LogP contribution in [0.3, 0.4) is 0 Å². The molecule has 0 amide bonds. The monoisotopic (exact) mass is 634 g/mol. The highest BCUT2D eigenvalue weighted by Gasteiger charge is 2.13. The summed E-state index contributed by atoms with van der Waals surface area (Å²) in [5.74, 6) is 0.0195. The maximum absolute atomic E-state index is 13.9. The standard InChI is InChI=1S/C49H30O/c50-49(43-13-5-11-33(27-43)37-19-21-45-39(25-37)15-17-41-23-31-7-1-3-9-35(31)29-47(41)45)44-14-6-12-34(28-44)38-20-22-46-40(26-38)16-18-42-24-32-8-2-4-10-36(32)30-48(42)46/h1-30H. The molecule has 0 aromatic heterocycles. The Hall–Kier alpha value is -6.57. The number of hydrogen-bond acceptors (Lipinski definition) is 1. The third-order valence-corrected chi connectivity index (χ3v) is 10.3. The van der Waals surface area contributed by atoms with Crippen molar-refractivity contribution in [2.45, 2.75) is 0 Å². The van der Waals surface area contributed by atoms with Gasteiger partial charge < -0.3 is 0 Å². The molecule has 0 aliphatic heterocycles. The molecule has 0 aliphatic carbocycles. The molecule has 10 aromatic carbocycles. The quantitative estimate of drug-likeness (QED) is 0.107. The van der Waals surface area contributed by atoms with E-state index >= 15 is 0 Å². The Morgan fingerprint density at radius 1 is 0.260 bits per heavy atom. The smallest absolute Gasteiger partial charge is 0.193 e. The van der Waals surface area contributed by atoms with Gasteiger partial charge in [-0.15, -0.1) is 0 Å². The van der Waals surface area contributed by atoms with Crippen molar-refractivity contribution in [2.75, 3.05) is 0 Å². The number of fused-ring (bicyclic) bond motifs is 8. The zero-order valence-corrected chi connectivity index (χ0v) is 27.2. The topological polar surface area (TPSA) is 17.1 Å². The Labute approximate surface area is 289 Å². The molecule has 232 valence electrons. The van der Waals surface area contributed by atoms with Crippen LogP contribution in [-0.4, -0.2) is 5.78 Å². The van der Waals surface area contributed by atoms with E-state index in [0.717, 1.165) is 22.3 Å². The number of carbonyl (C=O) groups is 1. The predicted octanol–water partition coefficient (Wildman–Crippen LogP) is 13.2. The van der Waals surface area contributed by atoms with Crippen LogP contribution in [0.4, 0.5) is 0 Å². The first-order valence-corrected chi connectivity index (χ1v) is 17.1. The summed E-state index contributed by atoms with van der Waals surface area (Å²) < 4.78 is 0. The maximum atomic E-state index is 13.9. The second-order valence-electron chi connectivity index (χ2n) is 13.3. The average Bonchev–Trinajstić information content (AvgIpc) is 3.18. The van der Waals surface area contributed by atoms with Crippen molar-refractivity contribution < 1.29 is 4.79 Å². The van der Waals surface area contributed by atoms with Crippen LogP contribution < -0.4 is 0 Å². The Morgan fingerprint density at radius 2 is 0.640 bits per heavy atom.